The Labute approximate surface area is 173 Å². The van der Waals surface area contributed by atoms with Crippen LogP contribution in [0.1, 0.15) is 5.56 Å². The van der Waals surface area contributed by atoms with E-state index in [0.29, 0.717) is 33.3 Å². The van der Waals surface area contributed by atoms with Gasteiger partial charge in [-0.1, -0.05) is 48.0 Å². The highest BCUT2D eigenvalue weighted by molar-refractivity contribution is 6.30. The summed E-state index contributed by atoms with van der Waals surface area (Å²) in [4.78, 5) is 19.8. The van der Waals surface area contributed by atoms with Crippen molar-refractivity contribution < 1.29 is 0 Å². The van der Waals surface area contributed by atoms with Gasteiger partial charge in [-0.3, -0.25) is 14.8 Å². The smallest absolute Gasteiger partial charge is 0.266 e. The molecule has 144 valence electrons. The van der Waals surface area contributed by atoms with Gasteiger partial charge in [0.25, 0.3) is 5.56 Å². The molecule has 1 N–H and O–H groups in total. The number of hydrogen-bond acceptors (Lipinski definition) is 3. The number of para-hydroxylation sites is 1. The van der Waals surface area contributed by atoms with Gasteiger partial charge in [-0.25, -0.2) is 4.98 Å². The monoisotopic (exact) mass is 402 g/mol. The van der Waals surface area contributed by atoms with Crippen LogP contribution >= 0.6 is 11.6 Å². The molecule has 0 radical (unpaired) electrons. The maximum absolute atomic E-state index is 13.3. The molecule has 0 saturated heterocycles. The Kier molecular flexibility index (Phi) is 4.91. The van der Waals surface area contributed by atoms with E-state index in [1.54, 1.807) is 39.8 Å². The maximum atomic E-state index is 13.3. The molecule has 6 heteroatoms. The zero-order chi connectivity index (χ0) is 20.5. The van der Waals surface area contributed by atoms with Gasteiger partial charge >= 0.3 is 0 Å². The van der Waals surface area contributed by atoms with Gasteiger partial charge in [0, 0.05) is 30.2 Å². The lowest BCUT2D eigenvalue weighted by atomic mass is 10.1. The lowest BCUT2D eigenvalue weighted by Crippen LogP contribution is -2.22. The summed E-state index contributed by atoms with van der Waals surface area (Å²) in [5.41, 5.74) is 2.77. The first-order chi connectivity index (χ1) is 14.0. The van der Waals surface area contributed by atoms with Gasteiger partial charge in [-0.05, 0) is 36.4 Å². The number of nitrogens with one attached hydrogen (secondary N) is 1. The van der Waals surface area contributed by atoms with Gasteiger partial charge in [0.05, 0.1) is 16.6 Å². The topological polar surface area (TPSA) is 62.0 Å². The van der Waals surface area contributed by atoms with Crippen LogP contribution in [0.3, 0.4) is 0 Å². The van der Waals surface area contributed by atoms with Crippen LogP contribution in [0.25, 0.3) is 28.0 Å². The molecule has 3 aromatic carbocycles. The van der Waals surface area contributed by atoms with E-state index in [4.69, 9.17) is 22.0 Å². The Balaban J connectivity index is 1.95. The standard InChI is InChI=1S/C23H19ClN4O/c1-27(2)21(25)15-7-9-16(10-8-15)22-26-20-6-4-3-5-19(20)23(29)28(22)18-13-11-17(24)12-14-18/h3-14,25H,1-2H3. The number of amidine groups is 1. The highest BCUT2D eigenvalue weighted by Gasteiger charge is 2.15. The molecule has 0 unspecified atom stereocenters. The fraction of sp³-hybridized carbons (Fsp3) is 0.0870. The molecule has 5 nitrogen and oxygen atoms in total. The average molecular weight is 403 g/mol. The second-order valence-electron chi connectivity index (χ2n) is 6.89. The molecule has 0 amide bonds. The predicted molar refractivity (Wildman–Crippen MR) is 118 cm³/mol. The third-order valence-corrected chi connectivity index (χ3v) is 4.98. The third-order valence-electron chi connectivity index (χ3n) is 4.72. The van der Waals surface area contributed by atoms with Crippen LogP contribution in [0.5, 0.6) is 0 Å². The molecule has 0 aliphatic carbocycles. The molecule has 0 fully saturated rings. The summed E-state index contributed by atoms with van der Waals surface area (Å²) in [5, 5.41) is 9.29. The highest BCUT2D eigenvalue weighted by atomic mass is 35.5. The Morgan fingerprint density at radius 3 is 2.28 bits per heavy atom. The lowest BCUT2D eigenvalue weighted by Gasteiger charge is -2.16. The van der Waals surface area contributed by atoms with Crippen LogP contribution in [0, 0.1) is 5.41 Å². The van der Waals surface area contributed by atoms with Crippen LogP contribution < -0.4 is 5.56 Å². The molecular weight excluding hydrogens is 384 g/mol. The number of hydrogen-bond donors (Lipinski definition) is 1. The summed E-state index contributed by atoms with van der Waals surface area (Å²) in [6, 6.07) is 21.9. The largest absolute Gasteiger partial charge is 0.363 e. The zero-order valence-corrected chi connectivity index (χ0v) is 16.8. The number of aromatic nitrogens is 2. The SMILES string of the molecule is CN(C)C(=N)c1ccc(-c2nc3ccccc3c(=O)n2-c2ccc(Cl)cc2)cc1. The van der Waals surface area contributed by atoms with Crippen LogP contribution in [0.4, 0.5) is 0 Å². The Morgan fingerprint density at radius 2 is 1.62 bits per heavy atom. The summed E-state index contributed by atoms with van der Waals surface area (Å²) in [6.45, 7) is 0. The molecule has 0 saturated carbocycles. The number of nitrogens with zero attached hydrogens (tertiary/aromatic N) is 3. The Morgan fingerprint density at radius 1 is 0.966 bits per heavy atom. The molecule has 0 atom stereocenters. The number of halogens is 1. The van der Waals surface area contributed by atoms with Crippen molar-refractivity contribution >= 4 is 28.3 Å². The lowest BCUT2D eigenvalue weighted by molar-refractivity contribution is 0.619. The first-order valence-corrected chi connectivity index (χ1v) is 9.48. The number of benzene rings is 3. The van der Waals surface area contributed by atoms with Gasteiger partial charge in [0.1, 0.15) is 11.7 Å². The van der Waals surface area contributed by atoms with Crippen molar-refractivity contribution in [1.82, 2.24) is 14.5 Å². The van der Waals surface area contributed by atoms with Gasteiger partial charge in [0.2, 0.25) is 0 Å². The third kappa shape index (κ3) is 3.52. The van der Waals surface area contributed by atoms with Crippen molar-refractivity contribution in [2.75, 3.05) is 14.1 Å². The van der Waals surface area contributed by atoms with E-state index in [9.17, 15) is 4.79 Å². The molecule has 1 heterocycles. The molecule has 29 heavy (non-hydrogen) atoms. The van der Waals surface area contributed by atoms with Gasteiger partial charge in [-0.2, -0.15) is 0 Å². The maximum Gasteiger partial charge on any atom is 0.266 e. The molecule has 4 aromatic rings. The first kappa shape index (κ1) is 18.9. The molecule has 4 rings (SSSR count). The fourth-order valence-corrected chi connectivity index (χ4v) is 3.32. The van der Waals surface area contributed by atoms with Crippen LogP contribution in [-0.2, 0) is 0 Å². The minimum absolute atomic E-state index is 0.141. The van der Waals surface area contributed by atoms with Crippen LogP contribution in [0.15, 0.2) is 77.6 Å². The molecule has 0 aliphatic heterocycles. The van der Waals surface area contributed by atoms with E-state index in [1.807, 2.05) is 56.6 Å². The minimum atomic E-state index is -0.141. The number of fused-ring (bicyclic) bond motifs is 1. The Hall–Kier alpha value is -3.44. The molecule has 1 aromatic heterocycles. The summed E-state index contributed by atoms with van der Waals surface area (Å²) < 4.78 is 1.60. The second kappa shape index (κ2) is 7.53. The summed E-state index contributed by atoms with van der Waals surface area (Å²) in [6.07, 6.45) is 0. The van der Waals surface area contributed by atoms with E-state index in [1.165, 1.54) is 0 Å². The first-order valence-electron chi connectivity index (χ1n) is 9.10. The predicted octanol–water partition coefficient (Wildman–Crippen LogP) is 4.59. The molecule has 0 aliphatic rings. The minimum Gasteiger partial charge on any atom is -0.363 e. The molecule has 0 spiro atoms. The number of rotatable bonds is 3. The van der Waals surface area contributed by atoms with E-state index in [0.717, 1.165) is 11.1 Å². The highest BCUT2D eigenvalue weighted by Crippen LogP contribution is 2.23. The summed E-state index contributed by atoms with van der Waals surface area (Å²) >= 11 is 6.04. The summed E-state index contributed by atoms with van der Waals surface area (Å²) in [7, 11) is 3.67. The van der Waals surface area contributed by atoms with Gasteiger partial charge in [0.15, 0.2) is 0 Å². The van der Waals surface area contributed by atoms with Crippen molar-refractivity contribution in [3.63, 3.8) is 0 Å². The van der Waals surface area contributed by atoms with Crippen molar-refractivity contribution in [2.45, 2.75) is 0 Å². The quantitative estimate of drug-likeness (QED) is 0.402. The van der Waals surface area contributed by atoms with Crippen molar-refractivity contribution in [2.24, 2.45) is 0 Å². The van der Waals surface area contributed by atoms with Gasteiger partial charge < -0.3 is 4.90 Å². The van der Waals surface area contributed by atoms with E-state index >= 15 is 0 Å². The van der Waals surface area contributed by atoms with Gasteiger partial charge in [-0.15, -0.1) is 0 Å². The normalized spacial score (nSPS) is 10.9. The van der Waals surface area contributed by atoms with Crippen LogP contribution in [-0.4, -0.2) is 34.4 Å². The molecule has 0 bridgehead atoms. The zero-order valence-electron chi connectivity index (χ0n) is 16.1. The van der Waals surface area contributed by atoms with E-state index in [2.05, 4.69) is 0 Å². The van der Waals surface area contributed by atoms with Crippen LogP contribution in [0.2, 0.25) is 5.02 Å². The fourth-order valence-electron chi connectivity index (χ4n) is 3.19. The van der Waals surface area contributed by atoms with E-state index < -0.39 is 0 Å². The van der Waals surface area contributed by atoms with E-state index in [-0.39, 0.29) is 5.56 Å². The van der Waals surface area contributed by atoms with Crippen molar-refractivity contribution in [1.29, 1.82) is 5.41 Å². The average Bonchev–Trinajstić information content (AvgIpc) is 2.74. The Bertz CT molecular complexity index is 1260. The van der Waals surface area contributed by atoms with Crippen molar-refractivity contribution in [3.8, 4) is 17.1 Å². The van der Waals surface area contributed by atoms with Crippen molar-refractivity contribution in [3.05, 3.63) is 93.7 Å². The summed E-state index contributed by atoms with van der Waals surface area (Å²) in [5.74, 6) is 0.956. The molecular formula is C23H19ClN4O. The second-order valence-corrected chi connectivity index (χ2v) is 7.33.